The summed E-state index contributed by atoms with van der Waals surface area (Å²) in [6, 6.07) is 20.9. The smallest absolute Gasteiger partial charge is 0.244 e. The predicted molar refractivity (Wildman–Crippen MR) is 142 cm³/mol. The number of carbonyl (C=O) groups excluding carboxylic acids is 3. The van der Waals surface area contributed by atoms with Crippen molar-refractivity contribution in [2.24, 2.45) is 0 Å². The number of hydrogen-bond donors (Lipinski definition) is 2. The van der Waals surface area contributed by atoms with Crippen LogP contribution in [0.1, 0.15) is 33.5 Å². The van der Waals surface area contributed by atoms with E-state index in [0.717, 1.165) is 11.1 Å². The van der Waals surface area contributed by atoms with Crippen molar-refractivity contribution in [3.63, 3.8) is 0 Å². The van der Waals surface area contributed by atoms with Gasteiger partial charge in [-0.25, -0.2) is 0 Å². The van der Waals surface area contributed by atoms with Crippen molar-refractivity contribution in [2.45, 2.75) is 25.3 Å². The zero-order valence-electron chi connectivity index (χ0n) is 21.0. The van der Waals surface area contributed by atoms with E-state index >= 15 is 0 Å². The first-order valence-electron chi connectivity index (χ1n) is 11.9. The van der Waals surface area contributed by atoms with E-state index in [1.165, 1.54) is 6.08 Å². The predicted octanol–water partition coefficient (Wildman–Crippen LogP) is 3.82. The van der Waals surface area contributed by atoms with Gasteiger partial charge in [0.05, 0.1) is 20.3 Å². The number of carbonyl (C=O) groups is 3. The van der Waals surface area contributed by atoms with Crippen LogP contribution in [0.25, 0.3) is 6.08 Å². The molecule has 37 heavy (non-hydrogen) atoms. The standard InChI is InChI=1S/C30H31NO6/c1-36-25-14-16-29(37-2)24(19-25)13-17-30(35)31-26(15-10-21-6-4-3-5-7-21)27(33)18-22-8-11-23(12-9-22)28(34)20-32/h3-9,11-14,16-17,19,26,32H,10,15,18,20H2,1-2H3,(H,31,35)/b17-13+/t26-/m0/s1. The molecule has 0 fully saturated rings. The first-order valence-corrected chi connectivity index (χ1v) is 11.9. The summed E-state index contributed by atoms with van der Waals surface area (Å²) in [5.74, 6) is 0.288. The molecule has 0 unspecified atom stereocenters. The normalized spacial score (nSPS) is 11.6. The molecule has 1 amide bonds. The third kappa shape index (κ3) is 8.15. The van der Waals surface area contributed by atoms with Gasteiger partial charge in [0, 0.05) is 23.6 Å². The fourth-order valence-corrected chi connectivity index (χ4v) is 3.85. The number of rotatable bonds is 13. The van der Waals surface area contributed by atoms with Crippen LogP contribution in [0.2, 0.25) is 0 Å². The van der Waals surface area contributed by atoms with E-state index in [9.17, 15) is 14.4 Å². The molecule has 3 rings (SSSR count). The highest BCUT2D eigenvalue weighted by Crippen LogP contribution is 2.25. The molecule has 2 N–H and O–H groups in total. The topological polar surface area (TPSA) is 102 Å². The number of aliphatic hydroxyl groups excluding tert-OH is 1. The quantitative estimate of drug-likeness (QED) is 0.273. The van der Waals surface area contributed by atoms with E-state index in [0.29, 0.717) is 35.5 Å². The van der Waals surface area contributed by atoms with Crippen LogP contribution in [-0.2, 0) is 22.4 Å². The van der Waals surface area contributed by atoms with Crippen molar-refractivity contribution in [3.05, 3.63) is 101 Å². The van der Waals surface area contributed by atoms with Gasteiger partial charge < -0.3 is 19.9 Å². The van der Waals surface area contributed by atoms with Gasteiger partial charge in [-0.05, 0) is 48.2 Å². The van der Waals surface area contributed by atoms with Crippen molar-refractivity contribution >= 4 is 23.5 Å². The van der Waals surface area contributed by atoms with Gasteiger partial charge in [0.25, 0.3) is 0 Å². The minimum Gasteiger partial charge on any atom is -0.497 e. The zero-order chi connectivity index (χ0) is 26.6. The maximum absolute atomic E-state index is 13.2. The van der Waals surface area contributed by atoms with Crippen LogP contribution in [0, 0.1) is 0 Å². The number of benzene rings is 3. The maximum atomic E-state index is 13.2. The van der Waals surface area contributed by atoms with Crippen molar-refractivity contribution in [1.82, 2.24) is 5.32 Å². The number of Topliss-reactive ketones (excluding diaryl/α,β-unsaturated/α-hetero) is 2. The lowest BCUT2D eigenvalue weighted by Crippen LogP contribution is -2.41. The van der Waals surface area contributed by atoms with Crippen LogP contribution >= 0.6 is 0 Å². The number of aryl methyl sites for hydroxylation is 1. The van der Waals surface area contributed by atoms with Crippen LogP contribution in [-0.4, -0.2) is 49.4 Å². The Morgan fingerprint density at radius 2 is 1.65 bits per heavy atom. The fourth-order valence-electron chi connectivity index (χ4n) is 3.85. The van der Waals surface area contributed by atoms with Crippen molar-refractivity contribution in [2.75, 3.05) is 20.8 Å². The lowest BCUT2D eigenvalue weighted by atomic mass is 9.97. The molecule has 0 bridgehead atoms. The van der Waals surface area contributed by atoms with Gasteiger partial charge >= 0.3 is 0 Å². The molecular weight excluding hydrogens is 470 g/mol. The minimum absolute atomic E-state index is 0.0980. The summed E-state index contributed by atoms with van der Waals surface area (Å²) in [6.45, 7) is -0.568. The van der Waals surface area contributed by atoms with Crippen LogP contribution < -0.4 is 14.8 Å². The minimum atomic E-state index is -0.705. The molecule has 3 aromatic carbocycles. The van der Waals surface area contributed by atoms with E-state index in [1.54, 1.807) is 62.8 Å². The first-order chi connectivity index (χ1) is 17.9. The van der Waals surface area contributed by atoms with Gasteiger partial charge in [0.15, 0.2) is 11.6 Å². The van der Waals surface area contributed by atoms with Gasteiger partial charge in [0.2, 0.25) is 5.91 Å². The SMILES string of the molecule is COc1ccc(OC)c(/C=C/C(=O)N[C@@H](CCc2ccccc2)C(=O)Cc2ccc(C(=O)CO)cc2)c1. The Labute approximate surface area is 216 Å². The summed E-state index contributed by atoms with van der Waals surface area (Å²) >= 11 is 0. The number of aliphatic hydroxyl groups is 1. The van der Waals surface area contributed by atoms with Gasteiger partial charge in [-0.1, -0.05) is 54.6 Å². The molecule has 3 aromatic rings. The van der Waals surface area contributed by atoms with Gasteiger partial charge in [-0.15, -0.1) is 0 Å². The summed E-state index contributed by atoms with van der Waals surface area (Å²) in [7, 11) is 3.10. The molecule has 7 nitrogen and oxygen atoms in total. The summed E-state index contributed by atoms with van der Waals surface area (Å²) < 4.78 is 10.6. The molecule has 0 spiro atoms. The third-order valence-electron chi connectivity index (χ3n) is 5.92. The van der Waals surface area contributed by atoms with Crippen LogP contribution in [0.3, 0.4) is 0 Å². The Kier molecular flexibility index (Phi) is 10.2. The Bertz CT molecular complexity index is 1230. The first kappa shape index (κ1) is 27.4. The second-order valence-corrected chi connectivity index (χ2v) is 8.45. The van der Waals surface area contributed by atoms with Crippen LogP contribution in [0.4, 0.5) is 0 Å². The van der Waals surface area contributed by atoms with Gasteiger partial charge in [-0.3, -0.25) is 14.4 Å². The Balaban J connectivity index is 1.73. The highest BCUT2D eigenvalue weighted by Gasteiger charge is 2.20. The van der Waals surface area contributed by atoms with Crippen molar-refractivity contribution < 1.29 is 29.0 Å². The van der Waals surface area contributed by atoms with E-state index in [4.69, 9.17) is 14.6 Å². The van der Waals surface area contributed by atoms with Gasteiger partial charge in [-0.2, -0.15) is 0 Å². The Morgan fingerprint density at radius 1 is 0.919 bits per heavy atom. The number of ketones is 2. The lowest BCUT2D eigenvalue weighted by Gasteiger charge is -2.17. The van der Waals surface area contributed by atoms with E-state index in [2.05, 4.69) is 5.32 Å². The average molecular weight is 502 g/mol. The van der Waals surface area contributed by atoms with Crippen LogP contribution in [0.5, 0.6) is 11.5 Å². The van der Waals surface area contributed by atoms with E-state index in [-0.39, 0.29) is 18.0 Å². The monoisotopic (exact) mass is 501 g/mol. The molecule has 0 aliphatic heterocycles. The molecule has 0 saturated heterocycles. The molecule has 0 aromatic heterocycles. The Morgan fingerprint density at radius 3 is 2.30 bits per heavy atom. The number of hydrogen-bond acceptors (Lipinski definition) is 6. The molecule has 0 aliphatic carbocycles. The highest BCUT2D eigenvalue weighted by atomic mass is 16.5. The maximum Gasteiger partial charge on any atom is 0.244 e. The van der Waals surface area contributed by atoms with Crippen LogP contribution in [0.15, 0.2) is 78.9 Å². The number of ether oxygens (including phenoxy) is 2. The summed E-state index contributed by atoms with van der Waals surface area (Å²) in [5, 5.41) is 11.9. The van der Waals surface area contributed by atoms with Crippen molar-refractivity contribution in [1.29, 1.82) is 0 Å². The second kappa shape index (κ2) is 13.8. The fraction of sp³-hybridized carbons (Fsp3) is 0.233. The largest absolute Gasteiger partial charge is 0.497 e. The summed E-state index contributed by atoms with van der Waals surface area (Å²) in [6.07, 6.45) is 4.14. The zero-order valence-corrected chi connectivity index (χ0v) is 21.0. The second-order valence-electron chi connectivity index (χ2n) is 8.45. The molecule has 192 valence electrons. The molecule has 7 heteroatoms. The average Bonchev–Trinajstić information content (AvgIpc) is 2.94. The molecule has 0 heterocycles. The number of methoxy groups -OCH3 is 2. The summed E-state index contributed by atoms with van der Waals surface area (Å²) in [5.41, 5.74) is 2.83. The molecular formula is C30H31NO6. The molecule has 0 saturated carbocycles. The van der Waals surface area contributed by atoms with E-state index in [1.807, 2.05) is 30.3 Å². The summed E-state index contributed by atoms with van der Waals surface area (Å²) in [4.78, 5) is 37.7. The van der Waals surface area contributed by atoms with Gasteiger partial charge in [0.1, 0.15) is 18.1 Å². The number of amides is 1. The molecule has 0 aliphatic rings. The Hall–Kier alpha value is -4.23. The lowest BCUT2D eigenvalue weighted by molar-refractivity contribution is -0.125. The molecule has 1 atom stereocenters. The number of nitrogens with one attached hydrogen (secondary N) is 1. The van der Waals surface area contributed by atoms with E-state index < -0.39 is 18.6 Å². The van der Waals surface area contributed by atoms with Crippen molar-refractivity contribution in [3.8, 4) is 11.5 Å². The highest BCUT2D eigenvalue weighted by molar-refractivity contribution is 5.98. The molecule has 0 radical (unpaired) electrons. The third-order valence-corrected chi connectivity index (χ3v) is 5.92.